The minimum absolute atomic E-state index is 0.591. The van der Waals surface area contributed by atoms with Crippen LogP contribution in [0.25, 0.3) is 111 Å². The summed E-state index contributed by atoms with van der Waals surface area (Å²) in [5.74, 6) is 0.591. The lowest BCUT2D eigenvalue weighted by molar-refractivity contribution is 1.00. The largest absolute Gasteiger partial charge is 0.309 e. The molecule has 5 nitrogen and oxygen atoms in total. The molecule has 0 saturated carbocycles. The summed E-state index contributed by atoms with van der Waals surface area (Å²) in [5, 5.41) is 8.10. The molecule has 0 atom stereocenters. The summed E-state index contributed by atoms with van der Waals surface area (Å²) in [7, 11) is 0. The average molecular weight is 740 g/mol. The summed E-state index contributed by atoms with van der Waals surface area (Å²) in [6, 6.07) is 69.2. The fraction of sp³-hybridized carbons (Fsp3) is 0. The standard InChI is InChI=1S/C53H33N5/c1-3-14-34(15-4-1)35-25-27-36(28-26-35)50-43-22-13-31-54-52(43)56-53(55-50)58-48-24-12-9-19-40(48)45-32-37(29-30-49(45)58)44-33-46-41-20-10-11-23-47(41)57(38-16-5-2-6-17-38)51(46)42-21-8-7-18-39(42)44/h1-33H. The predicted molar refractivity (Wildman–Crippen MR) is 240 cm³/mol. The first-order chi connectivity index (χ1) is 28.8. The average Bonchev–Trinajstić information content (AvgIpc) is 3.82. The molecule has 0 bridgehead atoms. The number of benzene rings is 8. The van der Waals surface area contributed by atoms with Gasteiger partial charge in [-0.1, -0.05) is 140 Å². The van der Waals surface area contributed by atoms with Gasteiger partial charge in [0.1, 0.15) is 0 Å². The van der Waals surface area contributed by atoms with E-state index in [0.29, 0.717) is 11.6 Å². The van der Waals surface area contributed by atoms with Crippen LogP contribution in [0.5, 0.6) is 0 Å². The first-order valence-corrected chi connectivity index (χ1v) is 19.6. The van der Waals surface area contributed by atoms with Crippen LogP contribution in [0.2, 0.25) is 0 Å². The van der Waals surface area contributed by atoms with Crippen LogP contribution >= 0.6 is 0 Å². The van der Waals surface area contributed by atoms with Crippen LogP contribution in [0.4, 0.5) is 0 Å². The monoisotopic (exact) mass is 739 g/mol. The van der Waals surface area contributed by atoms with Crippen molar-refractivity contribution in [3.8, 4) is 45.1 Å². The SMILES string of the molecule is c1ccc(-c2ccc(-c3nc(-n4c5ccccc5c5cc(-c6cc7c8ccccc8n(-c8ccccc8)c7c7ccccc67)ccc54)nc4ncccc34)cc2)cc1. The highest BCUT2D eigenvalue weighted by atomic mass is 15.2. The number of hydrogen-bond donors (Lipinski definition) is 0. The van der Waals surface area contributed by atoms with Gasteiger partial charge in [-0.25, -0.2) is 9.97 Å². The summed E-state index contributed by atoms with van der Waals surface area (Å²) >= 11 is 0. The van der Waals surface area contributed by atoms with Crippen LogP contribution in [0, 0.1) is 0 Å². The van der Waals surface area contributed by atoms with Crippen molar-refractivity contribution >= 4 is 65.4 Å². The number of rotatable bonds is 5. The Balaban J connectivity index is 1.07. The molecule has 8 aromatic carbocycles. The quantitative estimate of drug-likeness (QED) is 0.177. The van der Waals surface area contributed by atoms with E-state index in [2.05, 4.69) is 191 Å². The second-order valence-electron chi connectivity index (χ2n) is 14.8. The molecule has 0 spiro atoms. The van der Waals surface area contributed by atoms with Gasteiger partial charge in [0.05, 0.1) is 27.8 Å². The van der Waals surface area contributed by atoms with Crippen molar-refractivity contribution in [2.75, 3.05) is 0 Å². The predicted octanol–water partition coefficient (Wildman–Crippen LogP) is 13.4. The van der Waals surface area contributed by atoms with Crippen molar-refractivity contribution in [2.45, 2.75) is 0 Å². The highest BCUT2D eigenvalue weighted by molar-refractivity contribution is 6.22. The maximum atomic E-state index is 5.34. The number of nitrogens with zero attached hydrogens (tertiary/aromatic N) is 5. The van der Waals surface area contributed by atoms with E-state index >= 15 is 0 Å². The van der Waals surface area contributed by atoms with Crippen molar-refractivity contribution in [3.05, 3.63) is 200 Å². The molecule has 58 heavy (non-hydrogen) atoms. The molecule has 0 fully saturated rings. The normalized spacial score (nSPS) is 11.8. The fourth-order valence-electron chi connectivity index (χ4n) is 8.99. The third-order valence-electron chi connectivity index (χ3n) is 11.6. The van der Waals surface area contributed by atoms with E-state index in [9.17, 15) is 0 Å². The topological polar surface area (TPSA) is 48.5 Å². The van der Waals surface area contributed by atoms with Gasteiger partial charge in [-0.15, -0.1) is 0 Å². The first kappa shape index (κ1) is 32.4. The van der Waals surface area contributed by atoms with Gasteiger partial charge < -0.3 is 4.57 Å². The Hall–Kier alpha value is -7.89. The van der Waals surface area contributed by atoms with Crippen molar-refractivity contribution in [2.24, 2.45) is 0 Å². The Labute approximate surface area is 333 Å². The first-order valence-electron chi connectivity index (χ1n) is 19.6. The van der Waals surface area contributed by atoms with Gasteiger partial charge in [0.15, 0.2) is 5.65 Å². The Bertz CT molecular complexity index is 3550. The third-order valence-corrected chi connectivity index (χ3v) is 11.6. The van der Waals surface area contributed by atoms with Gasteiger partial charge >= 0.3 is 0 Å². The summed E-state index contributed by atoms with van der Waals surface area (Å²) in [6.07, 6.45) is 1.80. The van der Waals surface area contributed by atoms with Crippen molar-refractivity contribution < 1.29 is 0 Å². The van der Waals surface area contributed by atoms with Gasteiger partial charge in [-0.05, 0) is 82.2 Å². The lowest BCUT2D eigenvalue weighted by atomic mass is 9.94. The number of fused-ring (bicyclic) bond motifs is 9. The van der Waals surface area contributed by atoms with Gasteiger partial charge in [-0.2, -0.15) is 4.98 Å². The van der Waals surface area contributed by atoms with E-state index in [1.54, 1.807) is 6.20 Å². The van der Waals surface area contributed by atoms with E-state index in [1.165, 1.54) is 43.7 Å². The van der Waals surface area contributed by atoms with Gasteiger partial charge in [0, 0.05) is 49.8 Å². The molecule has 0 radical (unpaired) electrons. The molecular formula is C53H33N5. The van der Waals surface area contributed by atoms with Crippen LogP contribution in [0.15, 0.2) is 200 Å². The van der Waals surface area contributed by atoms with E-state index in [-0.39, 0.29) is 0 Å². The van der Waals surface area contributed by atoms with Gasteiger partial charge in [0.25, 0.3) is 0 Å². The lowest BCUT2D eigenvalue weighted by Crippen LogP contribution is -2.04. The molecule has 0 amide bonds. The molecule has 0 aliphatic heterocycles. The lowest BCUT2D eigenvalue weighted by Gasteiger charge is -2.13. The third kappa shape index (κ3) is 4.93. The zero-order chi connectivity index (χ0) is 38.2. The molecule has 0 aliphatic carbocycles. The van der Waals surface area contributed by atoms with E-state index in [4.69, 9.17) is 15.0 Å². The Kier molecular flexibility index (Phi) is 7.16. The van der Waals surface area contributed by atoms with Crippen molar-refractivity contribution in [3.63, 3.8) is 0 Å². The van der Waals surface area contributed by atoms with Gasteiger partial charge in [-0.3, -0.25) is 4.57 Å². The highest BCUT2D eigenvalue weighted by Gasteiger charge is 2.21. The minimum Gasteiger partial charge on any atom is -0.309 e. The second-order valence-corrected chi connectivity index (χ2v) is 14.8. The van der Waals surface area contributed by atoms with Crippen molar-refractivity contribution in [1.82, 2.24) is 24.1 Å². The Morgan fingerprint density at radius 3 is 1.69 bits per heavy atom. The number of para-hydroxylation sites is 3. The molecule has 0 N–H and O–H groups in total. The van der Waals surface area contributed by atoms with E-state index in [0.717, 1.165) is 55.3 Å². The maximum absolute atomic E-state index is 5.34. The van der Waals surface area contributed by atoms with Crippen molar-refractivity contribution in [1.29, 1.82) is 0 Å². The molecule has 4 heterocycles. The van der Waals surface area contributed by atoms with E-state index < -0.39 is 0 Å². The van der Waals surface area contributed by atoms with Crippen LogP contribution in [0.1, 0.15) is 0 Å². The summed E-state index contributed by atoms with van der Waals surface area (Å²) in [6.45, 7) is 0. The summed E-state index contributed by atoms with van der Waals surface area (Å²) < 4.78 is 4.61. The smallest absolute Gasteiger partial charge is 0.237 e. The summed E-state index contributed by atoms with van der Waals surface area (Å²) in [5.41, 5.74) is 12.9. The number of pyridine rings is 1. The zero-order valence-electron chi connectivity index (χ0n) is 31.3. The molecular weight excluding hydrogens is 707 g/mol. The Morgan fingerprint density at radius 1 is 0.345 bits per heavy atom. The fourth-order valence-corrected chi connectivity index (χ4v) is 8.99. The molecule has 0 aliphatic rings. The highest BCUT2D eigenvalue weighted by Crippen LogP contribution is 2.43. The Morgan fingerprint density at radius 2 is 0.914 bits per heavy atom. The molecule has 5 heteroatoms. The van der Waals surface area contributed by atoms with E-state index in [1.807, 2.05) is 12.1 Å². The van der Waals surface area contributed by atoms with Gasteiger partial charge in [0.2, 0.25) is 5.95 Å². The van der Waals surface area contributed by atoms with Crippen LogP contribution in [0.3, 0.4) is 0 Å². The number of hydrogen-bond acceptors (Lipinski definition) is 3. The minimum atomic E-state index is 0.591. The molecule has 270 valence electrons. The molecule has 0 saturated heterocycles. The number of aromatic nitrogens is 5. The maximum Gasteiger partial charge on any atom is 0.237 e. The van der Waals surface area contributed by atoms with Crippen LogP contribution in [-0.2, 0) is 0 Å². The van der Waals surface area contributed by atoms with Crippen LogP contribution in [-0.4, -0.2) is 24.1 Å². The summed E-state index contributed by atoms with van der Waals surface area (Å²) in [4.78, 5) is 15.2. The molecule has 0 unspecified atom stereocenters. The molecule has 12 aromatic rings. The van der Waals surface area contributed by atoms with Crippen LogP contribution < -0.4 is 0 Å². The molecule has 12 rings (SSSR count). The zero-order valence-corrected chi connectivity index (χ0v) is 31.3. The molecule has 4 aromatic heterocycles. The second kappa shape index (κ2) is 12.8.